The number of thiazole rings is 1. The van der Waals surface area contributed by atoms with Gasteiger partial charge in [-0.1, -0.05) is 25.1 Å². The topological polar surface area (TPSA) is 76.6 Å². The van der Waals surface area contributed by atoms with E-state index in [4.69, 9.17) is 14.8 Å². The first-order chi connectivity index (χ1) is 15.5. The van der Waals surface area contributed by atoms with Crippen molar-refractivity contribution in [2.24, 2.45) is 0 Å². The van der Waals surface area contributed by atoms with E-state index in [0.29, 0.717) is 10.6 Å². The summed E-state index contributed by atoms with van der Waals surface area (Å²) >= 11 is 1.41. The van der Waals surface area contributed by atoms with Gasteiger partial charge in [-0.15, -0.1) is 11.3 Å². The quantitative estimate of drug-likeness (QED) is 0.354. The lowest BCUT2D eigenvalue weighted by atomic mass is 9.82. The van der Waals surface area contributed by atoms with Crippen LogP contribution in [-0.4, -0.2) is 19.7 Å². The van der Waals surface area contributed by atoms with Gasteiger partial charge in [0, 0.05) is 38.0 Å². The van der Waals surface area contributed by atoms with E-state index >= 15 is 0 Å². The summed E-state index contributed by atoms with van der Waals surface area (Å²) in [5.41, 5.74) is 1.09. The van der Waals surface area contributed by atoms with E-state index in [9.17, 15) is 8.78 Å². The number of halogens is 2. The lowest BCUT2D eigenvalue weighted by Crippen LogP contribution is -2.38. The highest BCUT2D eigenvalue weighted by Gasteiger charge is 2.43. The maximum absolute atomic E-state index is 15.0. The molecule has 2 aromatic heterocycles. The van der Waals surface area contributed by atoms with E-state index in [1.807, 2.05) is 24.4 Å². The van der Waals surface area contributed by atoms with Gasteiger partial charge in [-0.05, 0) is 18.2 Å². The van der Waals surface area contributed by atoms with Crippen molar-refractivity contribution in [1.82, 2.24) is 19.7 Å². The maximum Gasteiger partial charge on any atom is 0.137 e. The predicted molar refractivity (Wildman–Crippen MR) is 120 cm³/mol. The van der Waals surface area contributed by atoms with Gasteiger partial charge >= 0.3 is 0 Å². The van der Waals surface area contributed by atoms with Crippen molar-refractivity contribution in [2.45, 2.75) is 25.0 Å². The molecular weight excluding hydrogens is 451 g/mol. The van der Waals surface area contributed by atoms with Crippen LogP contribution in [0.4, 0.5) is 8.78 Å². The third kappa shape index (κ3) is 4.17. The van der Waals surface area contributed by atoms with Crippen LogP contribution >= 0.6 is 20.8 Å². The summed E-state index contributed by atoms with van der Waals surface area (Å²) in [6.45, 7) is 2.01. The van der Waals surface area contributed by atoms with Crippen molar-refractivity contribution in [3.63, 3.8) is 0 Å². The zero-order valence-electron chi connectivity index (χ0n) is 16.9. The molecule has 4 rings (SSSR count). The Bertz CT molecular complexity index is 1260. The number of hydrogen-bond acceptors (Lipinski definition) is 6. The van der Waals surface area contributed by atoms with Crippen LogP contribution in [0.2, 0.25) is 0 Å². The summed E-state index contributed by atoms with van der Waals surface area (Å²) in [6.07, 6.45) is 2.89. The molecule has 2 heterocycles. The van der Waals surface area contributed by atoms with Crippen molar-refractivity contribution >= 4 is 20.8 Å². The lowest BCUT2D eigenvalue weighted by molar-refractivity contribution is 0.0357. The summed E-state index contributed by atoms with van der Waals surface area (Å²) in [5, 5.41) is 15.7. The van der Waals surface area contributed by atoms with Gasteiger partial charge in [0.2, 0.25) is 0 Å². The molecule has 3 atom stereocenters. The third-order valence-electron chi connectivity index (χ3n) is 5.36. The van der Waals surface area contributed by atoms with Crippen LogP contribution in [-0.2, 0) is 16.7 Å². The average molecular weight is 469 g/mol. The third-order valence-corrected chi connectivity index (χ3v) is 6.81. The van der Waals surface area contributed by atoms with Gasteiger partial charge in [0.1, 0.15) is 29.9 Å². The minimum atomic E-state index is -1.25. The van der Waals surface area contributed by atoms with Gasteiger partial charge in [0.05, 0.1) is 28.9 Å². The van der Waals surface area contributed by atoms with Crippen molar-refractivity contribution in [2.75, 3.05) is 0 Å². The van der Waals surface area contributed by atoms with Crippen LogP contribution in [0.25, 0.3) is 11.3 Å². The zero-order valence-corrected chi connectivity index (χ0v) is 18.9. The monoisotopic (exact) mass is 469 g/mol. The van der Waals surface area contributed by atoms with E-state index in [2.05, 4.69) is 25.6 Å². The summed E-state index contributed by atoms with van der Waals surface area (Å²) in [5.74, 6) is -1.82. The second-order valence-electron chi connectivity index (χ2n) is 7.21. The standard InChI is InChI=1S/C22H18F2N5OPS/c1-14(21-28-20(10-32-21)16-4-2-15(9-25)3-5-16)22(30-31,11-29-13-26-12-27-29)18-7-6-17(23)8-19(18)24/h2-8,10,12-14H,11,31H2,1H3/t14-,22+/m0/s1. The molecule has 0 spiro atoms. The number of nitriles is 1. The van der Waals surface area contributed by atoms with E-state index in [-0.39, 0.29) is 12.1 Å². The fourth-order valence-electron chi connectivity index (χ4n) is 3.58. The molecule has 32 heavy (non-hydrogen) atoms. The molecule has 0 fully saturated rings. The molecule has 0 bridgehead atoms. The summed E-state index contributed by atoms with van der Waals surface area (Å²) in [6, 6.07) is 12.6. The van der Waals surface area contributed by atoms with Gasteiger partial charge < -0.3 is 4.52 Å². The highest BCUT2D eigenvalue weighted by atomic mass is 32.1. The number of aromatic nitrogens is 4. The highest BCUT2D eigenvalue weighted by Crippen LogP contribution is 2.45. The Kier molecular flexibility index (Phi) is 6.38. The normalized spacial score (nSPS) is 14.0. The van der Waals surface area contributed by atoms with Crippen LogP contribution < -0.4 is 0 Å². The Morgan fingerprint density at radius 3 is 2.66 bits per heavy atom. The number of nitrogens with zero attached hydrogens (tertiary/aromatic N) is 5. The molecule has 0 aliphatic carbocycles. The molecule has 0 saturated heterocycles. The van der Waals surface area contributed by atoms with Gasteiger partial charge in [-0.3, -0.25) is 0 Å². The van der Waals surface area contributed by atoms with Gasteiger partial charge in [-0.25, -0.2) is 23.4 Å². The molecule has 0 amide bonds. The number of hydrogen-bond donors (Lipinski definition) is 0. The second-order valence-corrected chi connectivity index (χ2v) is 8.33. The first kappa shape index (κ1) is 22.2. The molecule has 0 saturated carbocycles. The maximum atomic E-state index is 15.0. The number of benzene rings is 2. The smallest absolute Gasteiger partial charge is 0.137 e. The highest BCUT2D eigenvalue weighted by molar-refractivity contribution is 7.10. The fourth-order valence-corrected chi connectivity index (χ4v) is 4.95. The van der Waals surface area contributed by atoms with Gasteiger partial charge in [-0.2, -0.15) is 10.4 Å². The Morgan fingerprint density at radius 2 is 2.03 bits per heavy atom. The molecule has 4 aromatic rings. The molecule has 162 valence electrons. The molecule has 2 aromatic carbocycles. The Morgan fingerprint density at radius 1 is 1.25 bits per heavy atom. The zero-order chi connectivity index (χ0) is 22.7. The molecule has 1 unspecified atom stereocenters. The average Bonchev–Trinajstić information content (AvgIpc) is 3.50. The second kappa shape index (κ2) is 9.21. The Hall–Kier alpha value is -3.05. The molecular formula is C22H18F2N5OPS. The van der Waals surface area contributed by atoms with Crippen molar-refractivity contribution in [3.8, 4) is 17.3 Å². The summed E-state index contributed by atoms with van der Waals surface area (Å²) in [4.78, 5) is 8.72. The number of rotatable bonds is 7. The largest absolute Gasteiger partial charge is 0.352 e. The molecule has 0 aliphatic heterocycles. The summed E-state index contributed by atoms with van der Waals surface area (Å²) in [7, 11) is 2.21. The molecule has 0 radical (unpaired) electrons. The molecule has 10 heteroatoms. The van der Waals surface area contributed by atoms with E-state index in [0.717, 1.165) is 17.3 Å². The molecule has 0 N–H and O–H groups in total. The first-order valence-corrected chi connectivity index (χ1v) is 10.9. The molecule has 0 aliphatic rings. The van der Waals surface area contributed by atoms with E-state index < -0.39 is 23.2 Å². The fraction of sp³-hybridized carbons (Fsp3) is 0.182. The van der Waals surface area contributed by atoms with Gasteiger partial charge in [0.15, 0.2) is 0 Å². The SMILES string of the molecule is C[C@@H](c1nc(-c2ccc(C#N)cc2)cs1)[C@@](Cn1cncn1)(OP)c1ccc(F)cc1F. The van der Waals surface area contributed by atoms with Crippen molar-refractivity contribution < 1.29 is 13.3 Å². The van der Waals surface area contributed by atoms with Crippen molar-refractivity contribution in [1.29, 1.82) is 5.26 Å². The molecule has 6 nitrogen and oxygen atoms in total. The summed E-state index contributed by atoms with van der Waals surface area (Å²) < 4.78 is 36.0. The van der Waals surface area contributed by atoms with Crippen LogP contribution in [0.5, 0.6) is 0 Å². The Balaban J connectivity index is 1.77. The lowest BCUT2D eigenvalue weighted by Gasteiger charge is -2.37. The van der Waals surface area contributed by atoms with Crippen molar-refractivity contribution in [3.05, 3.63) is 88.3 Å². The van der Waals surface area contributed by atoms with E-state index in [1.54, 1.807) is 16.8 Å². The van der Waals surface area contributed by atoms with Crippen LogP contribution in [0.15, 0.2) is 60.5 Å². The van der Waals surface area contributed by atoms with Crippen LogP contribution in [0.3, 0.4) is 0 Å². The first-order valence-electron chi connectivity index (χ1n) is 9.58. The van der Waals surface area contributed by atoms with Crippen LogP contribution in [0.1, 0.15) is 29.0 Å². The van der Waals surface area contributed by atoms with Gasteiger partial charge in [0.25, 0.3) is 0 Å². The predicted octanol–water partition coefficient (Wildman–Crippen LogP) is 5.06. The van der Waals surface area contributed by atoms with Crippen LogP contribution in [0, 0.1) is 23.0 Å². The Labute approximate surface area is 189 Å². The minimum absolute atomic E-state index is 0.131. The van der Waals surface area contributed by atoms with E-state index in [1.165, 1.54) is 36.1 Å². The minimum Gasteiger partial charge on any atom is -0.352 e.